The lowest BCUT2D eigenvalue weighted by atomic mass is 9.89. The highest BCUT2D eigenvalue weighted by Crippen LogP contribution is 2.43. The lowest BCUT2D eigenvalue weighted by Crippen LogP contribution is -2.43. The summed E-state index contributed by atoms with van der Waals surface area (Å²) >= 11 is 0. The molecule has 2 N–H and O–H groups in total. The summed E-state index contributed by atoms with van der Waals surface area (Å²) in [6.45, 7) is 2.08. The topological polar surface area (TPSA) is 164 Å². The van der Waals surface area contributed by atoms with E-state index in [0.29, 0.717) is 40.7 Å². The van der Waals surface area contributed by atoms with E-state index in [1.807, 2.05) is 14.1 Å². The molecule has 2 aromatic carbocycles. The molecule has 1 unspecified atom stereocenters. The lowest BCUT2D eigenvalue weighted by Gasteiger charge is -2.36. The number of nitrogens with zero attached hydrogens (tertiary/aromatic N) is 5. The predicted octanol–water partition coefficient (Wildman–Crippen LogP) is 1.63. The third kappa shape index (κ3) is 6.99. The van der Waals surface area contributed by atoms with Gasteiger partial charge < -0.3 is 24.2 Å². The van der Waals surface area contributed by atoms with Gasteiger partial charge in [0.25, 0.3) is 0 Å². The first-order valence-corrected chi connectivity index (χ1v) is 13.2. The van der Waals surface area contributed by atoms with Gasteiger partial charge in [0.05, 0.1) is 57.1 Å². The number of esters is 1. The van der Waals surface area contributed by atoms with Gasteiger partial charge in [-0.25, -0.2) is 19.3 Å². The van der Waals surface area contributed by atoms with Crippen LogP contribution in [-0.2, 0) is 26.9 Å². The Morgan fingerprint density at radius 2 is 1.93 bits per heavy atom. The number of aromatic nitrogens is 3. The van der Waals surface area contributed by atoms with Gasteiger partial charge >= 0.3 is 17.8 Å². The molecule has 4 rings (SSSR count). The number of aromatic amines is 1. The zero-order valence-corrected chi connectivity index (χ0v) is 24.4. The number of carboxylic acid groups (broad SMARTS) is 1. The number of benzene rings is 2. The second kappa shape index (κ2) is 13.6. The van der Waals surface area contributed by atoms with Crippen molar-refractivity contribution in [2.24, 2.45) is 0 Å². The van der Waals surface area contributed by atoms with Crippen LogP contribution in [0.15, 0.2) is 58.5 Å². The number of aliphatic hydroxyl groups excluding tert-OH is 1. The molecule has 0 saturated heterocycles. The van der Waals surface area contributed by atoms with Gasteiger partial charge in [-0.1, -0.05) is 12.1 Å². The fourth-order valence-corrected chi connectivity index (χ4v) is 5.04. The molecular formula is C29H31F3N6O6. The molecule has 0 bridgehead atoms. The van der Waals surface area contributed by atoms with Crippen LogP contribution >= 0.6 is 0 Å². The third-order valence-corrected chi connectivity index (χ3v) is 7.24. The van der Waals surface area contributed by atoms with Crippen molar-refractivity contribution in [1.82, 2.24) is 14.8 Å². The second-order valence-corrected chi connectivity index (χ2v) is 10.5. The molecule has 1 aliphatic rings. The summed E-state index contributed by atoms with van der Waals surface area (Å²) in [6.07, 6.45) is -4.19. The van der Waals surface area contributed by atoms with Gasteiger partial charge in [0.1, 0.15) is 12.6 Å². The maximum atomic E-state index is 13.6. The molecule has 44 heavy (non-hydrogen) atoms. The number of carbonyl (C=O) groups excluding carboxylic acids is 2. The number of rotatable bonds is 8. The smallest absolute Gasteiger partial charge is 0.416 e. The Morgan fingerprint density at radius 3 is 2.52 bits per heavy atom. The predicted molar refractivity (Wildman–Crippen MR) is 149 cm³/mol. The summed E-state index contributed by atoms with van der Waals surface area (Å²) in [5.41, 5.74) is 0.267. The molecule has 0 saturated carbocycles. The summed E-state index contributed by atoms with van der Waals surface area (Å²) in [6, 6.07) is 10.5. The average Bonchev–Trinajstić information content (AvgIpc) is 3.35. The molecular weight excluding hydrogens is 585 g/mol. The second-order valence-electron chi connectivity index (χ2n) is 10.5. The fourth-order valence-electron chi connectivity index (χ4n) is 5.04. The van der Waals surface area contributed by atoms with E-state index in [9.17, 15) is 33.1 Å². The minimum Gasteiger partial charge on any atom is -0.554 e. The third-order valence-electron chi connectivity index (χ3n) is 7.24. The Bertz CT molecular complexity index is 1650. The van der Waals surface area contributed by atoms with E-state index >= 15 is 0 Å². The van der Waals surface area contributed by atoms with E-state index in [1.165, 1.54) is 28.7 Å². The quantitative estimate of drug-likeness (QED) is 0.217. The number of allylic oxidation sites excluding steroid dienone is 1. The number of fused-ring (bicyclic) bond motifs is 1. The molecule has 2 heterocycles. The number of hydrogen-bond acceptors (Lipinski definition) is 9. The van der Waals surface area contributed by atoms with Crippen LogP contribution in [0.4, 0.5) is 24.8 Å². The first kappa shape index (κ1) is 33.6. The number of alkyl halides is 3. The van der Waals surface area contributed by atoms with Gasteiger partial charge in [0.2, 0.25) is 5.95 Å². The number of ether oxygens (including phenoxy) is 1. The zero-order valence-electron chi connectivity index (χ0n) is 24.4. The molecule has 0 amide bonds. The van der Waals surface area contributed by atoms with E-state index in [0.717, 1.165) is 12.1 Å². The average molecular weight is 617 g/mol. The summed E-state index contributed by atoms with van der Waals surface area (Å²) < 4.78 is 47.5. The Morgan fingerprint density at radius 1 is 1.25 bits per heavy atom. The maximum absolute atomic E-state index is 13.6. The van der Waals surface area contributed by atoms with Crippen LogP contribution < -0.4 is 15.7 Å². The molecule has 12 nitrogen and oxygen atoms in total. The molecule has 15 heteroatoms. The number of hydrogen-bond donors (Lipinski definition) is 2. The Labute approximate surface area is 250 Å². The number of quaternary nitrogens is 1. The number of methoxy groups -OCH3 is 1. The maximum Gasteiger partial charge on any atom is 0.416 e. The number of aliphatic hydroxyl groups is 1. The van der Waals surface area contributed by atoms with Crippen molar-refractivity contribution in [2.75, 3.05) is 45.8 Å². The summed E-state index contributed by atoms with van der Waals surface area (Å²) in [7, 11) is 5.07. The normalized spacial score (nSPS) is 14.7. The first-order chi connectivity index (χ1) is 20.7. The minimum absolute atomic E-state index is 0.0174. The summed E-state index contributed by atoms with van der Waals surface area (Å²) in [4.78, 5) is 36.1. The number of likely N-dealkylation sites (N-methyl/N-ethyl adjacent to an activating group) is 1. The van der Waals surface area contributed by atoms with Gasteiger partial charge in [-0.15, -0.1) is 5.10 Å². The number of H-pyrrole nitrogens is 1. The van der Waals surface area contributed by atoms with Gasteiger partial charge in [0.15, 0.2) is 0 Å². The largest absolute Gasteiger partial charge is 0.554 e. The molecule has 0 spiro atoms. The molecule has 1 atom stereocenters. The van der Waals surface area contributed by atoms with E-state index in [1.54, 1.807) is 25.1 Å². The SMILES string of the molecule is COC(=O)C1=C(C)N(c2cccc(C(F)(F)F)c2)c2n[nH]c(=O)n2C1c1ccc(C#N)cc1CC[N+](C)(C)CCO.O=C[O-]. The molecule has 0 radical (unpaired) electrons. The summed E-state index contributed by atoms with van der Waals surface area (Å²) in [5.74, 6) is -0.800. The van der Waals surface area contributed by atoms with Crippen LogP contribution in [0.3, 0.4) is 0 Å². The van der Waals surface area contributed by atoms with E-state index in [2.05, 4.69) is 16.3 Å². The molecule has 1 aliphatic heterocycles. The highest BCUT2D eigenvalue weighted by atomic mass is 19.4. The lowest BCUT2D eigenvalue weighted by molar-refractivity contribution is -0.890. The fraction of sp³-hybridized carbons (Fsp3) is 0.345. The van der Waals surface area contributed by atoms with E-state index in [4.69, 9.17) is 14.6 Å². The number of carbonyl (C=O) groups is 2. The number of halogens is 3. The van der Waals surface area contributed by atoms with Gasteiger partial charge in [-0.2, -0.15) is 18.4 Å². The van der Waals surface area contributed by atoms with Crippen LogP contribution in [0.5, 0.6) is 0 Å². The van der Waals surface area contributed by atoms with Crippen molar-refractivity contribution >= 4 is 24.1 Å². The Hall–Kier alpha value is -4.94. The Balaban J connectivity index is 0.00000169. The monoisotopic (exact) mass is 616 g/mol. The van der Waals surface area contributed by atoms with Crippen molar-refractivity contribution in [3.05, 3.63) is 86.5 Å². The van der Waals surface area contributed by atoms with E-state index in [-0.39, 0.29) is 29.5 Å². The van der Waals surface area contributed by atoms with Gasteiger partial charge in [-0.05, 0) is 48.4 Å². The van der Waals surface area contributed by atoms with Crippen molar-refractivity contribution in [3.63, 3.8) is 0 Å². The summed E-state index contributed by atoms with van der Waals surface area (Å²) in [5, 5.41) is 33.8. The molecule has 1 aromatic heterocycles. The van der Waals surface area contributed by atoms with Crippen molar-refractivity contribution < 1.29 is 42.2 Å². The number of nitriles is 1. The standard InChI is InChI=1S/C28H29F3N6O4.CH2O2/c1-17-23(25(39)41-4)24(22-9-8-18(16-32)14-19(22)10-11-37(2,3)12-13-38)36-26(33-34-27(36)40)35(17)21-7-5-6-20(15-21)28(29,30)31;2-1-3/h5-9,14-15,24,38H,10-13H2,1-4H3;1H,(H,2,3). The van der Waals surface area contributed by atoms with Crippen molar-refractivity contribution in [3.8, 4) is 6.07 Å². The van der Waals surface area contributed by atoms with Gasteiger partial charge in [0, 0.05) is 24.3 Å². The molecule has 0 aliphatic carbocycles. The zero-order chi connectivity index (χ0) is 32.8. The van der Waals surface area contributed by atoms with Crippen LogP contribution in [0.25, 0.3) is 0 Å². The van der Waals surface area contributed by atoms with Gasteiger partial charge in [-0.3, -0.25) is 4.90 Å². The molecule has 234 valence electrons. The highest BCUT2D eigenvalue weighted by molar-refractivity contribution is 5.93. The van der Waals surface area contributed by atoms with Crippen molar-refractivity contribution in [2.45, 2.75) is 25.6 Å². The Kier molecular flexibility index (Phi) is 10.4. The highest BCUT2D eigenvalue weighted by Gasteiger charge is 2.41. The first-order valence-electron chi connectivity index (χ1n) is 13.2. The minimum atomic E-state index is -4.62. The molecule has 3 aromatic rings. The van der Waals surface area contributed by atoms with E-state index < -0.39 is 35.9 Å². The van der Waals surface area contributed by atoms with Crippen LogP contribution in [0.1, 0.15) is 35.2 Å². The van der Waals surface area contributed by atoms with Crippen molar-refractivity contribution in [1.29, 1.82) is 5.26 Å². The molecule has 0 fully saturated rings. The number of anilines is 2. The number of nitrogens with one attached hydrogen (secondary N) is 1. The van der Waals surface area contributed by atoms with Crippen LogP contribution in [0, 0.1) is 11.3 Å². The van der Waals surface area contributed by atoms with Crippen LogP contribution in [0.2, 0.25) is 0 Å². The van der Waals surface area contributed by atoms with Crippen LogP contribution in [-0.4, -0.2) is 77.7 Å².